The largest absolute Gasteiger partial charge is 0.455 e. The highest BCUT2D eigenvalue weighted by Crippen LogP contribution is 2.22. The topological polar surface area (TPSA) is 75.7 Å². The fraction of sp³-hybridized carbons (Fsp3) is 0.348. The molecule has 1 heterocycles. The first-order chi connectivity index (χ1) is 13.8. The van der Waals surface area contributed by atoms with Gasteiger partial charge < -0.3 is 15.0 Å². The molecule has 6 heteroatoms. The molecule has 6 nitrogen and oxygen atoms in total. The maximum Gasteiger partial charge on any atom is 0.311 e. The molecule has 0 saturated carbocycles. The van der Waals surface area contributed by atoms with Gasteiger partial charge in [0.15, 0.2) is 6.61 Å². The first-order valence-corrected chi connectivity index (χ1v) is 9.69. The standard InChI is InChI=1S/C23H26N2O4/c1-15-7-9-18(10-8-15)12-25-13-19(11-21(25)27)23(28)29-14-20(26)24-22-16(2)5-4-6-17(22)3/h4-10,19H,11-14H2,1-3H3,(H,24,26)/t19-/m1/s1. The lowest BCUT2D eigenvalue weighted by molar-refractivity contribution is -0.151. The van der Waals surface area contributed by atoms with Crippen molar-refractivity contribution >= 4 is 23.5 Å². The molecule has 0 bridgehead atoms. The third-order valence-electron chi connectivity index (χ3n) is 5.13. The summed E-state index contributed by atoms with van der Waals surface area (Å²) in [6.45, 7) is 6.23. The van der Waals surface area contributed by atoms with E-state index in [1.165, 1.54) is 0 Å². The Kier molecular flexibility index (Phi) is 6.32. The zero-order valence-corrected chi connectivity index (χ0v) is 17.0. The molecule has 1 aliphatic rings. The zero-order chi connectivity index (χ0) is 21.0. The van der Waals surface area contributed by atoms with Crippen LogP contribution in [0.15, 0.2) is 42.5 Å². The van der Waals surface area contributed by atoms with E-state index in [9.17, 15) is 14.4 Å². The maximum absolute atomic E-state index is 12.3. The van der Waals surface area contributed by atoms with Gasteiger partial charge in [0.2, 0.25) is 5.91 Å². The molecule has 2 amide bonds. The Hall–Kier alpha value is -3.15. The molecule has 0 aliphatic carbocycles. The van der Waals surface area contributed by atoms with E-state index in [1.54, 1.807) is 4.90 Å². The summed E-state index contributed by atoms with van der Waals surface area (Å²) in [6, 6.07) is 13.7. The summed E-state index contributed by atoms with van der Waals surface area (Å²) in [5.74, 6) is -1.52. The lowest BCUT2D eigenvalue weighted by Gasteiger charge is -2.16. The van der Waals surface area contributed by atoms with Crippen molar-refractivity contribution in [1.29, 1.82) is 0 Å². The van der Waals surface area contributed by atoms with Crippen molar-refractivity contribution in [1.82, 2.24) is 4.90 Å². The van der Waals surface area contributed by atoms with Gasteiger partial charge in [-0.2, -0.15) is 0 Å². The van der Waals surface area contributed by atoms with Gasteiger partial charge in [0.1, 0.15) is 0 Å². The second-order valence-corrected chi connectivity index (χ2v) is 7.58. The molecule has 0 aromatic heterocycles. The number of para-hydroxylation sites is 1. The van der Waals surface area contributed by atoms with Gasteiger partial charge in [-0.1, -0.05) is 48.0 Å². The number of hydrogen-bond acceptors (Lipinski definition) is 4. The van der Waals surface area contributed by atoms with Crippen molar-refractivity contribution in [2.45, 2.75) is 33.7 Å². The van der Waals surface area contributed by atoms with Crippen LogP contribution in [0.4, 0.5) is 5.69 Å². The van der Waals surface area contributed by atoms with E-state index < -0.39 is 17.8 Å². The number of carbonyl (C=O) groups is 3. The second kappa shape index (κ2) is 8.90. The Morgan fingerprint density at radius 3 is 2.38 bits per heavy atom. The van der Waals surface area contributed by atoms with Crippen LogP contribution in [-0.2, 0) is 25.7 Å². The highest BCUT2D eigenvalue weighted by atomic mass is 16.5. The third-order valence-corrected chi connectivity index (χ3v) is 5.13. The van der Waals surface area contributed by atoms with Crippen molar-refractivity contribution in [3.05, 3.63) is 64.7 Å². The number of nitrogens with zero attached hydrogens (tertiary/aromatic N) is 1. The zero-order valence-electron chi connectivity index (χ0n) is 17.0. The number of rotatable bonds is 6. The molecule has 2 aromatic carbocycles. The fourth-order valence-electron chi connectivity index (χ4n) is 3.44. The predicted molar refractivity (Wildman–Crippen MR) is 110 cm³/mol. The minimum Gasteiger partial charge on any atom is -0.455 e. The first kappa shape index (κ1) is 20.6. The molecule has 3 rings (SSSR count). The van der Waals surface area contributed by atoms with E-state index >= 15 is 0 Å². The van der Waals surface area contributed by atoms with Gasteiger partial charge >= 0.3 is 5.97 Å². The molecule has 1 atom stereocenters. The molecule has 29 heavy (non-hydrogen) atoms. The number of esters is 1. The van der Waals surface area contributed by atoms with Gasteiger partial charge in [-0.3, -0.25) is 14.4 Å². The molecule has 1 fully saturated rings. The van der Waals surface area contributed by atoms with E-state index in [0.29, 0.717) is 13.1 Å². The number of nitrogens with one attached hydrogen (secondary N) is 1. The number of amides is 2. The van der Waals surface area contributed by atoms with E-state index in [1.807, 2.05) is 63.2 Å². The van der Waals surface area contributed by atoms with Gasteiger partial charge in [0.25, 0.3) is 5.91 Å². The van der Waals surface area contributed by atoms with Crippen molar-refractivity contribution in [2.24, 2.45) is 5.92 Å². The molecule has 152 valence electrons. The molecule has 0 radical (unpaired) electrons. The monoisotopic (exact) mass is 394 g/mol. The van der Waals surface area contributed by atoms with Crippen LogP contribution >= 0.6 is 0 Å². The van der Waals surface area contributed by atoms with Gasteiger partial charge in [0, 0.05) is 25.2 Å². The Bertz CT molecular complexity index is 901. The van der Waals surface area contributed by atoms with Gasteiger partial charge in [-0.05, 0) is 37.5 Å². The number of aryl methyl sites for hydroxylation is 3. The van der Waals surface area contributed by atoms with Crippen LogP contribution in [0.2, 0.25) is 0 Å². The summed E-state index contributed by atoms with van der Waals surface area (Å²) < 4.78 is 5.17. The molecule has 1 N–H and O–H groups in total. The Morgan fingerprint density at radius 1 is 1.07 bits per heavy atom. The van der Waals surface area contributed by atoms with E-state index in [2.05, 4.69) is 5.32 Å². The van der Waals surface area contributed by atoms with E-state index in [-0.39, 0.29) is 18.9 Å². The maximum atomic E-state index is 12.3. The lowest BCUT2D eigenvalue weighted by atomic mass is 10.1. The summed E-state index contributed by atoms with van der Waals surface area (Å²) in [4.78, 5) is 38.4. The van der Waals surface area contributed by atoms with E-state index in [4.69, 9.17) is 4.74 Å². The number of likely N-dealkylation sites (tertiary alicyclic amines) is 1. The molecular formula is C23H26N2O4. The molecule has 0 unspecified atom stereocenters. The predicted octanol–water partition coefficient (Wildman–Crippen LogP) is 3.14. The normalized spacial score (nSPS) is 16.0. The van der Waals surface area contributed by atoms with E-state index in [0.717, 1.165) is 27.9 Å². The van der Waals surface area contributed by atoms with Crippen molar-refractivity contribution in [2.75, 3.05) is 18.5 Å². The summed E-state index contributed by atoms with van der Waals surface area (Å²) in [7, 11) is 0. The minimum atomic E-state index is -0.541. The SMILES string of the molecule is Cc1ccc(CN2C[C@H](C(=O)OCC(=O)Nc3c(C)cccc3C)CC2=O)cc1. The number of ether oxygens (including phenoxy) is 1. The van der Waals surface area contributed by atoms with Crippen molar-refractivity contribution in [3.8, 4) is 0 Å². The summed E-state index contributed by atoms with van der Waals surface area (Å²) in [5.41, 5.74) is 4.79. The van der Waals surface area contributed by atoms with Crippen LogP contribution in [0.1, 0.15) is 28.7 Å². The summed E-state index contributed by atoms with van der Waals surface area (Å²) >= 11 is 0. The first-order valence-electron chi connectivity index (χ1n) is 9.69. The Morgan fingerprint density at radius 2 is 1.72 bits per heavy atom. The Labute approximate surface area is 170 Å². The van der Waals surface area contributed by atoms with Crippen molar-refractivity contribution < 1.29 is 19.1 Å². The molecular weight excluding hydrogens is 368 g/mol. The second-order valence-electron chi connectivity index (χ2n) is 7.58. The highest BCUT2D eigenvalue weighted by Gasteiger charge is 2.35. The smallest absolute Gasteiger partial charge is 0.311 e. The van der Waals surface area contributed by atoms with Crippen LogP contribution in [0.5, 0.6) is 0 Å². The number of anilines is 1. The number of benzene rings is 2. The van der Waals surface area contributed by atoms with Crippen LogP contribution in [0, 0.1) is 26.7 Å². The lowest BCUT2D eigenvalue weighted by Crippen LogP contribution is -2.28. The average Bonchev–Trinajstić information content (AvgIpc) is 3.05. The van der Waals surface area contributed by atoms with Gasteiger partial charge in [0.05, 0.1) is 5.92 Å². The fourth-order valence-corrected chi connectivity index (χ4v) is 3.44. The number of hydrogen-bond donors (Lipinski definition) is 1. The highest BCUT2D eigenvalue weighted by molar-refractivity contribution is 5.95. The average molecular weight is 394 g/mol. The van der Waals surface area contributed by atoms with Gasteiger partial charge in [-0.25, -0.2) is 0 Å². The molecule has 2 aromatic rings. The quantitative estimate of drug-likeness (QED) is 0.764. The van der Waals surface area contributed by atoms with Crippen molar-refractivity contribution in [3.63, 3.8) is 0 Å². The molecule has 1 aliphatic heterocycles. The number of carbonyl (C=O) groups excluding carboxylic acids is 3. The Balaban J connectivity index is 1.50. The third kappa shape index (κ3) is 5.22. The molecule has 0 spiro atoms. The van der Waals surface area contributed by atoms with Crippen LogP contribution in [0.3, 0.4) is 0 Å². The van der Waals surface area contributed by atoms with Gasteiger partial charge in [-0.15, -0.1) is 0 Å². The summed E-state index contributed by atoms with van der Waals surface area (Å²) in [6.07, 6.45) is 0.114. The van der Waals surface area contributed by atoms with Crippen LogP contribution in [-0.4, -0.2) is 35.8 Å². The van der Waals surface area contributed by atoms with Crippen LogP contribution in [0.25, 0.3) is 0 Å². The summed E-state index contributed by atoms with van der Waals surface area (Å²) in [5, 5.41) is 2.79. The molecule has 1 saturated heterocycles. The minimum absolute atomic E-state index is 0.0764. The van der Waals surface area contributed by atoms with Crippen LogP contribution < -0.4 is 5.32 Å².